The molecule has 0 unspecified atom stereocenters. The third-order valence-electron chi connectivity index (χ3n) is 3.83. The van der Waals surface area contributed by atoms with Crippen molar-refractivity contribution in [1.29, 1.82) is 0 Å². The normalized spacial score (nSPS) is 11.0. The summed E-state index contributed by atoms with van der Waals surface area (Å²) in [5.74, 6) is 0. The second-order valence-corrected chi connectivity index (χ2v) is 5.31. The number of nitrogens with two attached hydrogens (primary N) is 1. The molecule has 0 aliphatic carbocycles. The fourth-order valence-corrected chi connectivity index (χ4v) is 2.61. The van der Waals surface area contributed by atoms with E-state index in [-0.39, 0.29) is 0 Å². The van der Waals surface area contributed by atoms with Crippen LogP contribution in [0.4, 0.5) is 5.69 Å². The molecule has 0 bridgehead atoms. The van der Waals surface area contributed by atoms with E-state index in [0.29, 0.717) is 6.54 Å². The number of nitrogens with zero attached hydrogens (tertiary/aromatic N) is 3. The average molecular weight is 280 g/mol. The lowest BCUT2D eigenvalue weighted by Crippen LogP contribution is -2.17. The fraction of sp³-hybridized carbons (Fsp3) is 0.235. The van der Waals surface area contributed by atoms with Crippen molar-refractivity contribution < 1.29 is 0 Å². The van der Waals surface area contributed by atoms with Crippen molar-refractivity contribution in [3.63, 3.8) is 0 Å². The second-order valence-electron chi connectivity index (χ2n) is 5.31. The van der Waals surface area contributed by atoms with Gasteiger partial charge < -0.3 is 10.6 Å². The molecule has 0 aliphatic heterocycles. The Hall–Kier alpha value is -2.33. The molecule has 0 radical (unpaired) electrons. The van der Waals surface area contributed by atoms with Crippen molar-refractivity contribution in [2.45, 2.75) is 13.1 Å². The third-order valence-corrected chi connectivity index (χ3v) is 3.83. The van der Waals surface area contributed by atoms with E-state index in [4.69, 9.17) is 5.73 Å². The first-order valence-corrected chi connectivity index (χ1v) is 7.10. The zero-order valence-corrected chi connectivity index (χ0v) is 12.5. The molecule has 1 heterocycles. The first-order chi connectivity index (χ1) is 10.2. The average Bonchev–Trinajstić information content (AvgIpc) is 2.84. The smallest absolute Gasteiger partial charge is 0.0896 e. The van der Waals surface area contributed by atoms with E-state index in [1.165, 1.54) is 16.6 Å². The summed E-state index contributed by atoms with van der Waals surface area (Å²) in [6, 6.07) is 16.7. The van der Waals surface area contributed by atoms with E-state index in [0.717, 1.165) is 17.8 Å². The van der Waals surface area contributed by atoms with Gasteiger partial charge in [-0.15, -0.1) is 0 Å². The number of aryl methyl sites for hydroxylation is 1. The molecule has 2 N–H and O–H groups in total. The van der Waals surface area contributed by atoms with Gasteiger partial charge in [-0.2, -0.15) is 5.10 Å². The maximum absolute atomic E-state index is 5.64. The summed E-state index contributed by atoms with van der Waals surface area (Å²) in [6.45, 7) is 1.36. The number of hydrogen-bond donors (Lipinski definition) is 1. The molecule has 1 aromatic heterocycles. The number of aromatic nitrogens is 2. The van der Waals surface area contributed by atoms with Crippen molar-refractivity contribution in [3.8, 4) is 0 Å². The van der Waals surface area contributed by atoms with Gasteiger partial charge in [0.25, 0.3) is 0 Å². The number of rotatable bonds is 4. The van der Waals surface area contributed by atoms with Crippen LogP contribution in [0, 0.1) is 0 Å². The van der Waals surface area contributed by atoms with Gasteiger partial charge in [0.05, 0.1) is 17.8 Å². The number of benzene rings is 2. The minimum Gasteiger partial charge on any atom is -0.369 e. The first-order valence-electron chi connectivity index (χ1n) is 7.10. The minimum atomic E-state index is 0.578. The van der Waals surface area contributed by atoms with E-state index in [1.54, 1.807) is 0 Å². The fourth-order valence-electron chi connectivity index (χ4n) is 2.61. The lowest BCUT2D eigenvalue weighted by Gasteiger charge is -2.18. The lowest BCUT2D eigenvalue weighted by atomic mass is 10.1. The molecular weight excluding hydrogens is 260 g/mol. The molecule has 4 heteroatoms. The summed E-state index contributed by atoms with van der Waals surface area (Å²) in [7, 11) is 4.07. The summed E-state index contributed by atoms with van der Waals surface area (Å²) in [5, 5.41) is 5.86. The predicted octanol–water partition coefficient (Wildman–Crippen LogP) is 2.67. The molecule has 3 aromatic rings. The summed E-state index contributed by atoms with van der Waals surface area (Å²) < 4.78 is 1.94. The van der Waals surface area contributed by atoms with Gasteiger partial charge in [-0.05, 0) is 23.8 Å². The molecule has 0 aliphatic rings. The van der Waals surface area contributed by atoms with Crippen LogP contribution < -0.4 is 10.6 Å². The highest BCUT2D eigenvalue weighted by atomic mass is 15.3. The van der Waals surface area contributed by atoms with Crippen molar-refractivity contribution in [1.82, 2.24) is 9.78 Å². The van der Waals surface area contributed by atoms with Gasteiger partial charge in [-0.3, -0.25) is 4.68 Å². The Kier molecular flexibility index (Phi) is 3.62. The SMILES string of the molecule is CN(Cc1nn(C)c2ccccc12)c1ccc(CN)cc1. The van der Waals surface area contributed by atoms with E-state index in [2.05, 4.69) is 59.5 Å². The zero-order chi connectivity index (χ0) is 14.8. The van der Waals surface area contributed by atoms with Gasteiger partial charge in [0.1, 0.15) is 0 Å². The van der Waals surface area contributed by atoms with Gasteiger partial charge in [-0.1, -0.05) is 30.3 Å². The monoisotopic (exact) mass is 280 g/mol. The van der Waals surface area contributed by atoms with E-state index < -0.39 is 0 Å². The van der Waals surface area contributed by atoms with Crippen molar-refractivity contribution in [2.75, 3.05) is 11.9 Å². The molecular formula is C17H20N4. The molecule has 108 valence electrons. The summed E-state index contributed by atoms with van der Waals surface area (Å²) in [5.41, 5.74) is 10.2. The highest BCUT2D eigenvalue weighted by Gasteiger charge is 2.10. The number of para-hydroxylation sites is 1. The molecule has 0 amide bonds. The van der Waals surface area contributed by atoms with Crippen LogP contribution in [0.2, 0.25) is 0 Å². The van der Waals surface area contributed by atoms with Gasteiger partial charge in [-0.25, -0.2) is 0 Å². The van der Waals surface area contributed by atoms with Crippen LogP contribution in [0.5, 0.6) is 0 Å². The number of anilines is 1. The number of fused-ring (bicyclic) bond motifs is 1. The topological polar surface area (TPSA) is 47.1 Å². The highest BCUT2D eigenvalue weighted by molar-refractivity contribution is 5.82. The Morgan fingerprint density at radius 2 is 1.81 bits per heavy atom. The lowest BCUT2D eigenvalue weighted by molar-refractivity contribution is 0.754. The largest absolute Gasteiger partial charge is 0.369 e. The van der Waals surface area contributed by atoms with Crippen LogP contribution in [-0.2, 0) is 20.1 Å². The summed E-state index contributed by atoms with van der Waals surface area (Å²) in [4.78, 5) is 2.20. The maximum Gasteiger partial charge on any atom is 0.0896 e. The third kappa shape index (κ3) is 2.62. The molecule has 3 rings (SSSR count). The molecule has 0 atom stereocenters. The van der Waals surface area contributed by atoms with Crippen LogP contribution in [-0.4, -0.2) is 16.8 Å². The van der Waals surface area contributed by atoms with Crippen LogP contribution >= 0.6 is 0 Å². The van der Waals surface area contributed by atoms with Gasteiger partial charge in [0, 0.05) is 31.7 Å². The molecule has 21 heavy (non-hydrogen) atoms. The van der Waals surface area contributed by atoms with Crippen LogP contribution in [0.25, 0.3) is 10.9 Å². The summed E-state index contributed by atoms with van der Waals surface area (Å²) in [6.07, 6.45) is 0. The first kappa shape index (κ1) is 13.6. The zero-order valence-electron chi connectivity index (χ0n) is 12.5. The van der Waals surface area contributed by atoms with Crippen LogP contribution in [0.1, 0.15) is 11.3 Å². The Balaban J connectivity index is 1.87. The Labute approximate surface area is 124 Å². The molecule has 0 spiro atoms. The van der Waals surface area contributed by atoms with Crippen molar-refractivity contribution >= 4 is 16.6 Å². The van der Waals surface area contributed by atoms with E-state index in [9.17, 15) is 0 Å². The number of hydrogen-bond acceptors (Lipinski definition) is 3. The molecule has 4 nitrogen and oxygen atoms in total. The van der Waals surface area contributed by atoms with E-state index >= 15 is 0 Å². The van der Waals surface area contributed by atoms with Crippen molar-refractivity contribution in [3.05, 3.63) is 59.8 Å². The summed E-state index contributed by atoms with van der Waals surface area (Å²) >= 11 is 0. The second kappa shape index (κ2) is 5.58. The molecule has 0 saturated heterocycles. The van der Waals surface area contributed by atoms with Crippen LogP contribution in [0.15, 0.2) is 48.5 Å². The van der Waals surface area contributed by atoms with Crippen LogP contribution in [0.3, 0.4) is 0 Å². The molecule has 2 aromatic carbocycles. The quantitative estimate of drug-likeness (QED) is 0.799. The van der Waals surface area contributed by atoms with Gasteiger partial charge >= 0.3 is 0 Å². The molecule has 0 saturated carbocycles. The highest BCUT2D eigenvalue weighted by Crippen LogP contribution is 2.21. The predicted molar refractivity (Wildman–Crippen MR) is 87.2 cm³/mol. The Bertz CT molecular complexity index is 743. The minimum absolute atomic E-state index is 0.578. The maximum atomic E-state index is 5.64. The molecule has 0 fully saturated rings. The Morgan fingerprint density at radius 1 is 1.10 bits per heavy atom. The van der Waals surface area contributed by atoms with Gasteiger partial charge in [0.15, 0.2) is 0 Å². The van der Waals surface area contributed by atoms with Crippen molar-refractivity contribution in [2.24, 2.45) is 12.8 Å². The standard InChI is InChI=1S/C17H20N4/c1-20(14-9-7-13(11-18)8-10-14)12-16-15-5-3-4-6-17(15)21(2)19-16/h3-10H,11-12,18H2,1-2H3. The Morgan fingerprint density at radius 3 is 2.52 bits per heavy atom. The van der Waals surface area contributed by atoms with E-state index in [1.807, 2.05) is 17.8 Å². The van der Waals surface area contributed by atoms with Gasteiger partial charge in [0.2, 0.25) is 0 Å².